The second-order valence-electron chi connectivity index (χ2n) is 6.57. The number of hydrogen-bond acceptors (Lipinski definition) is 2. The van der Waals surface area contributed by atoms with Gasteiger partial charge in [-0.15, -0.1) is 0 Å². The second-order valence-corrected chi connectivity index (χ2v) is 6.57. The molecule has 0 aromatic rings. The number of unbranched alkanes of at least 4 members (excludes halogenated alkanes) is 9. The van der Waals surface area contributed by atoms with Crippen molar-refractivity contribution in [1.82, 2.24) is 0 Å². The summed E-state index contributed by atoms with van der Waals surface area (Å²) in [5, 5.41) is 10.2. The summed E-state index contributed by atoms with van der Waals surface area (Å²) in [6.07, 6.45) is 15.7. The Hall–Kier alpha value is -0.0800. The number of hydrogen-bond donors (Lipinski definition) is 1. The molecule has 0 saturated carbocycles. The minimum Gasteiger partial charge on any atom is -0.393 e. The number of aliphatic hydroxyl groups excluding tert-OH is 1. The highest BCUT2D eigenvalue weighted by Crippen LogP contribution is 2.26. The quantitative estimate of drug-likeness (QED) is 0.506. The van der Waals surface area contributed by atoms with Crippen molar-refractivity contribution in [3.05, 3.63) is 0 Å². The lowest BCUT2D eigenvalue weighted by Gasteiger charge is -2.20. The first-order valence-electron chi connectivity index (χ1n) is 9.05. The van der Waals surface area contributed by atoms with Crippen molar-refractivity contribution < 1.29 is 9.84 Å². The van der Waals surface area contributed by atoms with Crippen LogP contribution >= 0.6 is 0 Å². The Morgan fingerprint density at radius 3 is 2.00 bits per heavy atom. The molecule has 120 valence electrons. The lowest BCUT2D eigenvalue weighted by Crippen LogP contribution is -2.26. The molecule has 0 radical (unpaired) electrons. The summed E-state index contributed by atoms with van der Waals surface area (Å²) in [5.41, 5.74) is 0. The zero-order chi connectivity index (χ0) is 14.6. The third-order valence-electron chi connectivity index (χ3n) is 4.78. The van der Waals surface area contributed by atoms with E-state index in [1.165, 1.54) is 64.2 Å². The molecule has 0 aromatic heterocycles. The van der Waals surface area contributed by atoms with Gasteiger partial charge in [0.1, 0.15) is 0 Å². The molecule has 1 heterocycles. The van der Waals surface area contributed by atoms with Crippen LogP contribution in [0.3, 0.4) is 0 Å². The van der Waals surface area contributed by atoms with Gasteiger partial charge in [-0.05, 0) is 19.8 Å². The summed E-state index contributed by atoms with van der Waals surface area (Å²) in [7, 11) is 0. The fourth-order valence-electron chi connectivity index (χ4n) is 3.31. The van der Waals surface area contributed by atoms with Gasteiger partial charge in [0.05, 0.1) is 12.2 Å². The van der Waals surface area contributed by atoms with Crippen LogP contribution < -0.4 is 0 Å². The normalized spacial score (nSPS) is 24.1. The molecule has 2 heteroatoms. The molecule has 3 atom stereocenters. The summed E-state index contributed by atoms with van der Waals surface area (Å²) >= 11 is 0. The third-order valence-corrected chi connectivity index (χ3v) is 4.78. The van der Waals surface area contributed by atoms with Crippen LogP contribution in [0.1, 0.15) is 90.9 Å². The van der Waals surface area contributed by atoms with Crippen molar-refractivity contribution in [3.63, 3.8) is 0 Å². The van der Waals surface area contributed by atoms with E-state index in [2.05, 4.69) is 13.8 Å². The van der Waals surface area contributed by atoms with Crippen molar-refractivity contribution in [2.75, 3.05) is 6.61 Å². The lowest BCUT2D eigenvalue weighted by molar-refractivity contribution is 0.0383. The molecular formula is C18H36O2. The van der Waals surface area contributed by atoms with Crippen LogP contribution in [0.4, 0.5) is 0 Å². The Morgan fingerprint density at radius 1 is 0.950 bits per heavy atom. The third kappa shape index (κ3) is 7.64. The van der Waals surface area contributed by atoms with Gasteiger partial charge in [0, 0.05) is 12.5 Å². The molecule has 2 nitrogen and oxygen atoms in total. The van der Waals surface area contributed by atoms with Crippen LogP contribution in [0.5, 0.6) is 0 Å². The van der Waals surface area contributed by atoms with Gasteiger partial charge in [-0.25, -0.2) is 0 Å². The van der Waals surface area contributed by atoms with Crippen molar-refractivity contribution in [3.8, 4) is 0 Å². The smallest absolute Gasteiger partial charge is 0.0600 e. The average Bonchev–Trinajstić information content (AvgIpc) is 2.87. The Morgan fingerprint density at radius 2 is 1.50 bits per heavy atom. The minimum atomic E-state index is -0.137. The van der Waals surface area contributed by atoms with Crippen LogP contribution in [0.25, 0.3) is 0 Å². The van der Waals surface area contributed by atoms with Crippen LogP contribution in [0.15, 0.2) is 0 Å². The number of ether oxygens (including phenoxy) is 1. The maximum Gasteiger partial charge on any atom is 0.0600 e. The first-order valence-corrected chi connectivity index (χ1v) is 9.05. The van der Waals surface area contributed by atoms with E-state index in [1.54, 1.807) is 0 Å². The molecule has 20 heavy (non-hydrogen) atoms. The van der Waals surface area contributed by atoms with Crippen LogP contribution in [0.2, 0.25) is 0 Å². The maximum atomic E-state index is 10.2. The van der Waals surface area contributed by atoms with Gasteiger partial charge in [0.15, 0.2) is 0 Å². The highest BCUT2D eigenvalue weighted by molar-refractivity contribution is 4.79. The van der Waals surface area contributed by atoms with E-state index in [0.717, 1.165) is 19.4 Å². The van der Waals surface area contributed by atoms with E-state index < -0.39 is 0 Å². The first kappa shape index (κ1) is 18.0. The zero-order valence-corrected chi connectivity index (χ0v) is 13.8. The number of aliphatic hydroxyl groups is 1. The summed E-state index contributed by atoms with van der Waals surface area (Å²) in [5.74, 6) is 0.383. The molecular weight excluding hydrogens is 248 g/mol. The number of rotatable bonds is 12. The van der Waals surface area contributed by atoms with Crippen molar-refractivity contribution in [2.24, 2.45) is 5.92 Å². The van der Waals surface area contributed by atoms with E-state index in [0.29, 0.717) is 5.92 Å². The largest absolute Gasteiger partial charge is 0.393 e. The molecule has 1 fully saturated rings. The van der Waals surface area contributed by atoms with Gasteiger partial charge in [-0.1, -0.05) is 71.1 Å². The summed E-state index contributed by atoms with van der Waals surface area (Å²) in [4.78, 5) is 0. The van der Waals surface area contributed by atoms with Gasteiger partial charge >= 0.3 is 0 Å². The maximum absolute atomic E-state index is 10.2. The summed E-state index contributed by atoms with van der Waals surface area (Å²) in [6, 6.07) is 0. The van der Waals surface area contributed by atoms with Crippen molar-refractivity contribution in [1.29, 1.82) is 0 Å². The Bertz CT molecular complexity index is 217. The van der Waals surface area contributed by atoms with E-state index >= 15 is 0 Å². The molecule has 1 rings (SSSR count). The molecule has 0 aliphatic carbocycles. The average molecular weight is 284 g/mol. The molecule has 0 amide bonds. The predicted octanol–water partition coefficient (Wildman–Crippen LogP) is 5.08. The Kier molecular flexibility index (Phi) is 10.4. The van der Waals surface area contributed by atoms with Gasteiger partial charge in [-0.3, -0.25) is 0 Å². The SMILES string of the molecule is CCCCCCCCCCCCC(O)C1CCOC1C. The first-order chi connectivity index (χ1) is 9.75. The van der Waals surface area contributed by atoms with Gasteiger partial charge in [-0.2, -0.15) is 0 Å². The van der Waals surface area contributed by atoms with Crippen molar-refractivity contribution in [2.45, 2.75) is 103 Å². The predicted molar refractivity (Wildman–Crippen MR) is 86.0 cm³/mol. The van der Waals surface area contributed by atoms with Crippen LogP contribution in [-0.4, -0.2) is 23.9 Å². The molecule has 1 N–H and O–H groups in total. The molecule has 0 bridgehead atoms. The topological polar surface area (TPSA) is 29.5 Å². The molecule has 1 aliphatic rings. The van der Waals surface area contributed by atoms with Crippen LogP contribution in [-0.2, 0) is 4.74 Å². The summed E-state index contributed by atoms with van der Waals surface area (Å²) in [6.45, 7) is 5.20. The monoisotopic (exact) mass is 284 g/mol. The molecule has 1 aliphatic heterocycles. The van der Waals surface area contributed by atoms with Crippen molar-refractivity contribution >= 4 is 0 Å². The molecule has 0 spiro atoms. The second kappa shape index (κ2) is 11.6. The molecule has 0 aromatic carbocycles. The van der Waals surface area contributed by atoms with E-state index in [4.69, 9.17) is 4.74 Å². The van der Waals surface area contributed by atoms with Gasteiger partial charge < -0.3 is 9.84 Å². The van der Waals surface area contributed by atoms with E-state index in [9.17, 15) is 5.11 Å². The zero-order valence-electron chi connectivity index (χ0n) is 13.8. The van der Waals surface area contributed by atoms with E-state index in [1.807, 2.05) is 0 Å². The molecule has 1 saturated heterocycles. The fourth-order valence-corrected chi connectivity index (χ4v) is 3.31. The lowest BCUT2D eigenvalue weighted by atomic mass is 9.92. The molecule has 3 unspecified atom stereocenters. The Balaban J connectivity index is 1.84. The van der Waals surface area contributed by atoms with Gasteiger partial charge in [0.2, 0.25) is 0 Å². The fraction of sp³-hybridized carbons (Fsp3) is 1.00. The van der Waals surface area contributed by atoms with Crippen LogP contribution in [0, 0.1) is 5.92 Å². The Labute approximate surface area is 126 Å². The summed E-state index contributed by atoms with van der Waals surface area (Å²) < 4.78 is 5.53. The standard InChI is InChI=1S/C18H36O2/c1-3-4-5-6-7-8-9-10-11-12-13-18(19)17-14-15-20-16(17)2/h16-19H,3-15H2,1-2H3. The highest BCUT2D eigenvalue weighted by atomic mass is 16.5. The highest BCUT2D eigenvalue weighted by Gasteiger charge is 2.30. The van der Waals surface area contributed by atoms with Gasteiger partial charge in [0.25, 0.3) is 0 Å². The minimum absolute atomic E-state index is 0.137. The van der Waals surface area contributed by atoms with E-state index in [-0.39, 0.29) is 12.2 Å².